The molecule has 3 nitrogen and oxygen atoms in total. The molecule has 22 heavy (non-hydrogen) atoms. The van der Waals surface area contributed by atoms with Gasteiger partial charge >= 0.3 is 0 Å². The Hall–Kier alpha value is -2.13. The third-order valence-electron chi connectivity index (χ3n) is 3.55. The summed E-state index contributed by atoms with van der Waals surface area (Å²) in [7, 11) is 0. The Bertz CT molecular complexity index is 605. The Morgan fingerprint density at radius 1 is 0.909 bits per heavy atom. The summed E-state index contributed by atoms with van der Waals surface area (Å²) in [5, 5.41) is 6.25. The highest BCUT2D eigenvalue weighted by atomic mass is 16.1. The van der Waals surface area contributed by atoms with Crippen molar-refractivity contribution in [3.8, 4) is 0 Å². The first-order valence-electron chi connectivity index (χ1n) is 7.72. The van der Waals surface area contributed by atoms with Crippen molar-refractivity contribution in [3.05, 3.63) is 70.8 Å². The lowest BCUT2D eigenvalue weighted by molar-refractivity contribution is -0.121. The van der Waals surface area contributed by atoms with Crippen LogP contribution in [0, 0.1) is 13.8 Å². The van der Waals surface area contributed by atoms with E-state index in [1.54, 1.807) is 0 Å². The molecule has 0 aromatic heterocycles. The first kappa shape index (κ1) is 16.2. The molecule has 0 spiro atoms. The van der Waals surface area contributed by atoms with E-state index < -0.39 is 0 Å². The Kier molecular flexibility index (Phi) is 6.16. The average molecular weight is 296 g/mol. The van der Waals surface area contributed by atoms with Crippen molar-refractivity contribution in [1.29, 1.82) is 0 Å². The normalized spacial score (nSPS) is 10.5. The number of carbonyl (C=O) groups is 1. The van der Waals surface area contributed by atoms with Crippen molar-refractivity contribution in [1.82, 2.24) is 10.6 Å². The van der Waals surface area contributed by atoms with Crippen LogP contribution in [-0.4, -0.2) is 12.5 Å². The van der Waals surface area contributed by atoms with Crippen LogP contribution in [0.1, 0.15) is 28.7 Å². The highest BCUT2D eigenvalue weighted by Crippen LogP contribution is 2.04. The van der Waals surface area contributed by atoms with E-state index in [9.17, 15) is 4.79 Å². The van der Waals surface area contributed by atoms with Gasteiger partial charge in [0.15, 0.2) is 0 Å². The molecular formula is C19H24N2O. The van der Waals surface area contributed by atoms with Gasteiger partial charge < -0.3 is 10.6 Å². The van der Waals surface area contributed by atoms with Gasteiger partial charge in [0.2, 0.25) is 5.91 Å². The molecule has 0 saturated carbocycles. The Morgan fingerprint density at radius 3 is 2.41 bits per heavy atom. The van der Waals surface area contributed by atoms with Crippen LogP contribution in [0.2, 0.25) is 0 Å². The molecule has 2 N–H and O–H groups in total. The van der Waals surface area contributed by atoms with Crippen molar-refractivity contribution < 1.29 is 4.79 Å². The van der Waals surface area contributed by atoms with Gasteiger partial charge in [-0.2, -0.15) is 0 Å². The van der Waals surface area contributed by atoms with E-state index in [-0.39, 0.29) is 5.91 Å². The Balaban J connectivity index is 1.62. The predicted molar refractivity (Wildman–Crippen MR) is 90.5 cm³/mol. The lowest BCUT2D eigenvalue weighted by Crippen LogP contribution is -2.27. The number of hydrogen-bond acceptors (Lipinski definition) is 2. The first-order valence-corrected chi connectivity index (χ1v) is 7.72. The van der Waals surface area contributed by atoms with Gasteiger partial charge in [0, 0.05) is 26.1 Å². The van der Waals surface area contributed by atoms with Gasteiger partial charge in [-0.25, -0.2) is 0 Å². The van der Waals surface area contributed by atoms with Gasteiger partial charge in [0.25, 0.3) is 0 Å². The minimum atomic E-state index is 0.0814. The van der Waals surface area contributed by atoms with Gasteiger partial charge in [-0.05, 0) is 25.0 Å². The molecule has 0 heterocycles. The average Bonchev–Trinajstić information content (AvgIpc) is 2.51. The molecule has 0 unspecified atom stereocenters. The zero-order valence-electron chi connectivity index (χ0n) is 13.4. The maximum Gasteiger partial charge on any atom is 0.221 e. The SMILES string of the molecule is Cc1ccc(CNCCC(=O)NCc2cccc(C)c2)cc1. The highest BCUT2D eigenvalue weighted by molar-refractivity contribution is 5.76. The van der Waals surface area contributed by atoms with Crippen molar-refractivity contribution in [2.24, 2.45) is 0 Å². The molecule has 0 aliphatic heterocycles. The fraction of sp³-hybridized carbons (Fsp3) is 0.316. The molecule has 116 valence electrons. The van der Waals surface area contributed by atoms with Crippen LogP contribution < -0.4 is 10.6 Å². The molecule has 2 aromatic rings. The minimum absolute atomic E-state index is 0.0814. The molecule has 2 aromatic carbocycles. The molecule has 0 aliphatic carbocycles. The topological polar surface area (TPSA) is 41.1 Å². The Labute approximate surface area is 132 Å². The summed E-state index contributed by atoms with van der Waals surface area (Å²) in [6.07, 6.45) is 0.498. The second-order valence-corrected chi connectivity index (χ2v) is 5.68. The maximum absolute atomic E-state index is 11.8. The van der Waals surface area contributed by atoms with Gasteiger partial charge in [-0.15, -0.1) is 0 Å². The summed E-state index contributed by atoms with van der Waals surface area (Å²) >= 11 is 0. The summed E-state index contributed by atoms with van der Waals surface area (Å²) in [5.74, 6) is 0.0814. The van der Waals surface area contributed by atoms with E-state index in [4.69, 9.17) is 0 Å². The lowest BCUT2D eigenvalue weighted by atomic mass is 10.1. The molecule has 0 atom stereocenters. The van der Waals surface area contributed by atoms with E-state index in [0.29, 0.717) is 19.5 Å². The summed E-state index contributed by atoms with van der Waals surface area (Å²) in [6, 6.07) is 16.6. The molecular weight excluding hydrogens is 272 g/mol. The number of amides is 1. The van der Waals surface area contributed by atoms with Crippen molar-refractivity contribution in [2.45, 2.75) is 33.4 Å². The maximum atomic E-state index is 11.8. The summed E-state index contributed by atoms with van der Waals surface area (Å²) in [6.45, 7) is 6.22. The van der Waals surface area contributed by atoms with Crippen molar-refractivity contribution >= 4 is 5.91 Å². The van der Waals surface area contributed by atoms with E-state index in [0.717, 1.165) is 12.1 Å². The second kappa shape index (κ2) is 8.35. The van der Waals surface area contributed by atoms with Crippen LogP contribution in [0.25, 0.3) is 0 Å². The number of benzene rings is 2. The van der Waals surface area contributed by atoms with Crippen LogP contribution in [-0.2, 0) is 17.9 Å². The standard InChI is InChI=1S/C19H24N2O/c1-15-6-8-17(9-7-15)13-20-11-10-19(22)21-14-18-5-3-4-16(2)12-18/h3-9,12,20H,10-11,13-14H2,1-2H3,(H,21,22). The molecule has 0 bridgehead atoms. The number of aryl methyl sites for hydroxylation is 2. The van der Waals surface area contributed by atoms with Crippen molar-refractivity contribution in [2.75, 3.05) is 6.54 Å². The first-order chi connectivity index (χ1) is 10.6. The van der Waals surface area contributed by atoms with Crippen LogP contribution in [0.3, 0.4) is 0 Å². The van der Waals surface area contributed by atoms with E-state index in [2.05, 4.69) is 60.9 Å². The fourth-order valence-corrected chi connectivity index (χ4v) is 2.25. The quantitative estimate of drug-likeness (QED) is 0.771. The van der Waals surface area contributed by atoms with Crippen LogP contribution in [0.15, 0.2) is 48.5 Å². The monoisotopic (exact) mass is 296 g/mol. The van der Waals surface area contributed by atoms with Crippen LogP contribution in [0.5, 0.6) is 0 Å². The van der Waals surface area contributed by atoms with E-state index >= 15 is 0 Å². The Morgan fingerprint density at radius 2 is 1.68 bits per heavy atom. The molecule has 3 heteroatoms. The molecule has 2 rings (SSSR count). The molecule has 1 amide bonds. The predicted octanol–water partition coefficient (Wildman–Crippen LogP) is 3.10. The molecule has 0 aliphatic rings. The largest absolute Gasteiger partial charge is 0.352 e. The zero-order valence-corrected chi connectivity index (χ0v) is 13.4. The number of nitrogens with one attached hydrogen (secondary N) is 2. The molecule has 0 fully saturated rings. The highest BCUT2D eigenvalue weighted by Gasteiger charge is 2.01. The van der Waals surface area contributed by atoms with Crippen molar-refractivity contribution in [3.63, 3.8) is 0 Å². The lowest BCUT2D eigenvalue weighted by Gasteiger charge is -2.07. The van der Waals surface area contributed by atoms with Crippen LogP contribution >= 0.6 is 0 Å². The van der Waals surface area contributed by atoms with Gasteiger partial charge in [-0.1, -0.05) is 59.7 Å². The number of rotatable bonds is 7. The summed E-state index contributed by atoms with van der Waals surface area (Å²) < 4.78 is 0. The molecule has 0 radical (unpaired) electrons. The van der Waals surface area contributed by atoms with Gasteiger partial charge in [-0.3, -0.25) is 4.79 Å². The number of carbonyl (C=O) groups excluding carboxylic acids is 1. The third kappa shape index (κ3) is 5.70. The van der Waals surface area contributed by atoms with Crippen LogP contribution in [0.4, 0.5) is 0 Å². The fourth-order valence-electron chi connectivity index (χ4n) is 2.25. The number of hydrogen-bond donors (Lipinski definition) is 2. The van der Waals surface area contributed by atoms with E-state index in [1.165, 1.54) is 16.7 Å². The van der Waals surface area contributed by atoms with E-state index in [1.807, 2.05) is 12.1 Å². The summed E-state index contributed by atoms with van der Waals surface area (Å²) in [5.41, 5.74) is 4.86. The third-order valence-corrected chi connectivity index (χ3v) is 3.55. The minimum Gasteiger partial charge on any atom is -0.352 e. The second-order valence-electron chi connectivity index (χ2n) is 5.68. The summed E-state index contributed by atoms with van der Waals surface area (Å²) in [4.78, 5) is 11.8. The van der Waals surface area contributed by atoms with Gasteiger partial charge in [0.1, 0.15) is 0 Å². The molecule has 0 saturated heterocycles. The zero-order chi connectivity index (χ0) is 15.8. The van der Waals surface area contributed by atoms with Gasteiger partial charge in [0.05, 0.1) is 0 Å². The smallest absolute Gasteiger partial charge is 0.221 e.